The summed E-state index contributed by atoms with van der Waals surface area (Å²) in [4.78, 5) is 4.73. The standard InChI is InChI=1S/C22H28N4O2S/c1-16-6-5-7-17(14-16)15-21-24-20(25-26-21)12-13-23-29(27,28)19-10-8-18(9-11-19)22(2,3)4/h5-11,14,23H,12-13,15H2,1-4H3,(H,24,25,26). The zero-order chi connectivity index (χ0) is 21.1. The van der Waals surface area contributed by atoms with E-state index in [-0.39, 0.29) is 16.9 Å². The minimum Gasteiger partial charge on any atom is -0.263 e. The lowest BCUT2D eigenvalue weighted by molar-refractivity contribution is 0.578. The minimum atomic E-state index is -3.55. The normalized spacial score (nSPS) is 12.3. The number of nitrogens with zero attached hydrogens (tertiary/aromatic N) is 2. The summed E-state index contributed by atoms with van der Waals surface area (Å²) in [5.74, 6) is 1.37. The number of hydrogen-bond donors (Lipinski definition) is 2. The lowest BCUT2D eigenvalue weighted by atomic mass is 9.87. The molecule has 0 unspecified atom stereocenters. The quantitative estimate of drug-likeness (QED) is 0.621. The van der Waals surface area contributed by atoms with Crippen LogP contribution in [0.25, 0.3) is 0 Å². The van der Waals surface area contributed by atoms with Gasteiger partial charge in [-0.25, -0.2) is 18.1 Å². The number of benzene rings is 2. The van der Waals surface area contributed by atoms with Crippen LogP contribution in [0.15, 0.2) is 53.4 Å². The molecule has 2 N–H and O–H groups in total. The summed E-state index contributed by atoms with van der Waals surface area (Å²) in [5.41, 5.74) is 3.44. The van der Waals surface area contributed by atoms with E-state index in [1.54, 1.807) is 12.1 Å². The second-order valence-corrected chi connectivity index (χ2v) is 10.1. The van der Waals surface area contributed by atoms with Crippen molar-refractivity contribution in [1.82, 2.24) is 19.9 Å². The monoisotopic (exact) mass is 412 g/mol. The van der Waals surface area contributed by atoms with Gasteiger partial charge in [0.15, 0.2) is 5.82 Å². The van der Waals surface area contributed by atoms with Gasteiger partial charge in [-0.15, -0.1) is 0 Å². The zero-order valence-corrected chi connectivity index (χ0v) is 18.2. The predicted octanol–water partition coefficient (Wildman–Crippen LogP) is 3.52. The van der Waals surface area contributed by atoms with E-state index in [2.05, 4.69) is 59.7 Å². The summed E-state index contributed by atoms with van der Waals surface area (Å²) >= 11 is 0. The fourth-order valence-corrected chi connectivity index (χ4v) is 4.09. The summed E-state index contributed by atoms with van der Waals surface area (Å²) in [5, 5.41) is 7.13. The van der Waals surface area contributed by atoms with Crippen LogP contribution in [0.3, 0.4) is 0 Å². The fourth-order valence-electron chi connectivity index (χ4n) is 3.06. The van der Waals surface area contributed by atoms with Crippen LogP contribution < -0.4 is 4.72 Å². The molecule has 0 aliphatic rings. The molecule has 0 atom stereocenters. The van der Waals surface area contributed by atoms with Crippen LogP contribution in [-0.2, 0) is 28.3 Å². The first-order valence-corrected chi connectivity index (χ1v) is 11.2. The molecule has 7 heteroatoms. The Labute approximate surface area is 172 Å². The van der Waals surface area contributed by atoms with Crippen molar-refractivity contribution in [3.63, 3.8) is 0 Å². The number of H-pyrrole nitrogens is 1. The van der Waals surface area contributed by atoms with E-state index in [1.807, 2.05) is 24.3 Å². The van der Waals surface area contributed by atoms with Crippen molar-refractivity contribution in [3.8, 4) is 0 Å². The van der Waals surface area contributed by atoms with Gasteiger partial charge in [0.05, 0.1) is 4.90 Å². The van der Waals surface area contributed by atoms with E-state index in [1.165, 1.54) is 5.56 Å². The highest BCUT2D eigenvalue weighted by Gasteiger charge is 2.17. The molecule has 0 fully saturated rings. The molecule has 3 aromatic rings. The van der Waals surface area contributed by atoms with Gasteiger partial charge in [0.2, 0.25) is 10.0 Å². The molecule has 0 aliphatic carbocycles. The summed E-state index contributed by atoms with van der Waals surface area (Å²) in [6.07, 6.45) is 1.09. The maximum absolute atomic E-state index is 12.5. The molecule has 154 valence electrons. The van der Waals surface area contributed by atoms with Gasteiger partial charge in [-0.1, -0.05) is 62.7 Å². The van der Waals surface area contributed by atoms with Gasteiger partial charge in [-0.2, -0.15) is 5.10 Å². The highest BCUT2D eigenvalue weighted by atomic mass is 32.2. The van der Waals surface area contributed by atoms with E-state index < -0.39 is 10.0 Å². The van der Waals surface area contributed by atoms with Gasteiger partial charge >= 0.3 is 0 Å². The van der Waals surface area contributed by atoms with Crippen LogP contribution in [0.4, 0.5) is 0 Å². The number of aromatic nitrogens is 3. The second kappa shape index (κ2) is 8.47. The molecule has 0 aliphatic heterocycles. The van der Waals surface area contributed by atoms with E-state index >= 15 is 0 Å². The molecule has 29 heavy (non-hydrogen) atoms. The smallest absolute Gasteiger partial charge is 0.240 e. The fraction of sp³-hybridized carbons (Fsp3) is 0.364. The van der Waals surface area contributed by atoms with Crippen molar-refractivity contribution in [1.29, 1.82) is 0 Å². The van der Waals surface area contributed by atoms with Gasteiger partial charge in [0.1, 0.15) is 5.82 Å². The Bertz CT molecular complexity index is 1060. The number of sulfonamides is 1. The van der Waals surface area contributed by atoms with Crippen LogP contribution in [0.1, 0.15) is 49.1 Å². The van der Waals surface area contributed by atoms with Crippen LogP contribution >= 0.6 is 0 Å². The SMILES string of the molecule is Cc1cccc(Cc2nc(CCNS(=O)(=O)c3ccc(C(C)(C)C)cc3)n[nH]2)c1. The third-order valence-corrected chi connectivity index (χ3v) is 6.18. The number of rotatable bonds is 7. The molecule has 0 spiro atoms. The maximum atomic E-state index is 12.5. The van der Waals surface area contributed by atoms with E-state index in [4.69, 9.17) is 0 Å². The largest absolute Gasteiger partial charge is 0.263 e. The lowest BCUT2D eigenvalue weighted by Gasteiger charge is -2.19. The highest BCUT2D eigenvalue weighted by Crippen LogP contribution is 2.23. The van der Waals surface area contributed by atoms with Gasteiger partial charge in [0.25, 0.3) is 0 Å². The summed E-state index contributed by atoms with van der Waals surface area (Å²) in [6.45, 7) is 8.58. The van der Waals surface area contributed by atoms with Gasteiger partial charge in [-0.3, -0.25) is 5.10 Å². The van der Waals surface area contributed by atoms with Crippen molar-refractivity contribution in [3.05, 3.63) is 76.9 Å². The minimum absolute atomic E-state index is 0.0164. The molecule has 0 radical (unpaired) electrons. The molecule has 2 aromatic carbocycles. The molecule has 0 saturated carbocycles. The summed E-state index contributed by atoms with van der Waals surface area (Å²) in [7, 11) is -3.55. The zero-order valence-electron chi connectivity index (χ0n) is 17.4. The number of nitrogens with one attached hydrogen (secondary N) is 2. The van der Waals surface area contributed by atoms with Crippen molar-refractivity contribution in [2.24, 2.45) is 0 Å². The van der Waals surface area contributed by atoms with Crippen LogP contribution in [0.2, 0.25) is 0 Å². The number of aromatic amines is 1. The Morgan fingerprint density at radius 3 is 2.45 bits per heavy atom. The third kappa shape index (κ3) is 5.74. The average Bonchev–Trinajstić information content (AvgIpc) is 3.08. The Hall–Kier alpha value is -2.51. The van der Waals surface area contributed by atoms with Crippen LogP contribution in [0, 0.1) is 6.92 Å². The average molecular weight is 413 g/mol. The number of hydrogen-bond acceptors (Lipinski definition) is 4. The van der Waals surface area contributed by atoms with Crippen molar-refractivity contribution in [2.75, 3.05) is 6.54 Å². The molecular weight excluding hydrogens is 384 g/mol. The van der Waals surface area contributed by atoms with Crippen molar-refractivity contribution < 1.29 is 8.42 Å². The molecule has 3 rings (SSSR count). The van der Waals surface area contributed by atoms with Crippen LogP contribution in [0.5, 0.6) is 0 Å². The Balaban J connectivity index is 1.56. The Morgan fingerprint density at radius 2 is 1.79 bits per heavy atom. The lowest BCUT2D eigenvalue weighted by Crippen LogP contribution is -2.26. The van der Waals surface area contributed by atoms with Gasteiger partial charge < -0.3 is 0 Å². The first-order valence-electron chi connectivity index (χ1n) is 9.69. The third-order valence-electron chi connectivity index (χ3n) is 4.70. The first kappa shape index (κ1) is 21.2. The predicted molar refractivity (Wildman–Crippen MR) is 114 cm³/mol. The topological polar surface area (TPSA) is 87.7 Å². The first-order chi connectivity index (χ1) is 13.6. The molecule has 1 aromatic heterocycles. The highest BCUT2D eigenvalue weighted by molar-refractivity contribution is 7.89. The molecular formula is C22H28N4O2S. The molecule has 0 bridgehead atoms. The Morgan fingerprint density at radius 1 is 1.07 bits per heavy atom. The summed E-state index contributed by atoms with van der Waals surface area (Å²) in [6, 6.07) is 15.3. The van der Waals surface area contributed by atoms with Gasteiger partial charge in [0, 0.05) is 19.4 Å². The van der Waals surface area contributed by atoms with Crippen molar-refractivity contribution >= 4 is 10.0 Å². The maximum Gasteiger partial charge on any atom is 0.240 e. The molecule has 6 nitrogen and oxygen atoms in total. The van der Waals surface area contributed by atoms with E-state index in [0.29, 0.717) is 18.7 Å². The Kier molecular flexibility index (Phi) is 6.19. The summed E-state index contributed by atoms with van der Waals surface area (Å²) < 4.78 is 27.6. The second-order valence-electron chi connectivity index (χ2n) is 8.29. The molecule has 1 heterocycles. The van der Waals surface area contributed by atoms with Gasteiger partial charge in [-0.05, 0) is 35.6 Å². The number of aryl methyl sites for hydroxylation is 1. The molecule has 0 saturated heterocycles. The van der Waals surface area contributed by atoms with E-state index in [0.717, 1.165) is 17.0 Å². The van der Waals surface area contributed by atoms with Crippen LogP contribution in [-0.4, -0.2) is 30.1 Å². The van der Waals surface area contributed by atoms with Crippen molar-refractivity contribution in [2.45, 2.75) is 50.8 Å². The molecule has 0 amide bonds. The van der Waals surface area contributed by atoms with E-state index in [9.17, 15) is 8.42 Å².